The molecule has 0 saturated carbocycles. The minimum absolute atomic E-state index is 0.251. The summed E-state index contributed by atoms with van der Waals surface area (Å²) < 4.78 is 0. The molecule has 1 unspecified atom stereocenters. The second-order valence-electron chi connectivity index (χ2n) is 7.18. The number of nitriles is 1. The topological polar surface area (TPSA) is 42.3 Å². The van der Waals surface area contributed by atoms with Crippen LogP contribution in [0.1, 0.15) is 41.5 Å². The molecule has 1 N–H and O–H groups in total. The van der Waals surface area contributed by atoms with E-state index in [2.05, 4.69) is 55.8 Å². The smallest absolute Gasteiger partial charge is 0.116 e. The van der Waals surface area contributed by atoms with Crippen LogP contribution in [0, 0.1) is 11.3 Å². The van der Waals surface area contributed by atoms with Crippen LogP contribution in [-0.2, 0) is 0 Å². The number of hydrogen-bond donors (Lipinski definition) is 1. The molecule has 0 aromatic carbocycles. The average molecular weight is 266 g/mol. The van der Waals surface area contributed by atoms with Crippen molar-refractivity contribution in [3.05, 3.63) is 0 Å². The van der Waals surface area contributed by atoms with E-state index < -0.39 is 5.54 Å². The van der Waals surface area contributed by atoms with Gasteiger partial charge in [-0.05, 0) is 41.5 Å². The number of rotatable bonds is 4. The summed E-state index contributed by atoms with van der Waals surface area (Å²) in [4.78, 5) is 4.92. The quantitative estimate of drug-likeness (QED) is 0.841. The lowest BCUT2D eigenvalue weighted by Crippen LogP contribution is -2.58. The molecule has 110 valence electrons. The summed E-state index contributed by atoms with van der Waals surface area (Å²) in [5.74, 6) is 0. The van der Waals surface area contributed by atoms with Crippen LogP contribution in [0.2, 0.25) is 0 Å². The molecule has 0 bridgehead atoms. The third kappa shape index (κ3) is 5.10. The third-order valence-corrected chi connectivity index (χ3v) is 3.71. The van der Waals surface area contributed by atoms with Gasteiger partial charge in [0.05, 0.1) is 6.07 Å². The lowest BCUT2D eigenvalue weighted by atomic mass is 10.0. The minimum Gasteiger partial charge on any atom is -0.298 e. The number of hydrogen-bond acceptors (Lipinski definition) is 4. The molecule has 4 nitrogen and oxygen atoms in total. The van der Waals surface area contributed by atoms with Crippen LogP contribution in [0.15, 0.2) is 0 Å². The molecule has 0 aromatic heterocycles. The summed E-state index contributed by atoms with van der Waals surface area (Å²) in [6.07, 6.45) is 0. The zero-order chi connectivity index (χ0) is 14.7. The first kappa shape index (κ1) is 16.4. The summed E-state index contributed by atoms with van der Waals surface area (Å²) in [5, 5.41) is 12.8. The molecular weight excluding hydrogens is 236 g/mol. The molecule has 1 rings (SSSR count). The normalized spacial score (nSPS) is 22.2. The van der Waals surface area contributed by atoms with Gasteiger partial charge in [0.2, 0.25) is 0 Å². The van der Waals surface area contributed by atoms with E-state index in [1.165, 1.54) is 0 Å². The van der Waals surface area contributed by atoms with Crippen LogP contribution in [0.25, 0.3) is 0 Å². The first-order valence-corrected chi connectivity index (χ1v) is 7.33. The number of piperazine rings is 1. The van der Waals surface area contributed by atoms with Crippen LogP contribution in [0.5, 0.6) is 0 Å². The maximum absolute atomic E-state index is 9.40. The van der Waals surface area contributed by atoms with Gasteiger partial charge in [0.15, 0.2) is 0 Å². The van der Waals surface area contributed by atoms with Gasteiger partial charge in [-0.2, -0.15) is 5.26 Å². The van der Waals surface area contributed by atoms with E-state index in [-0.39, 0.29) is 5.54 Å². The van der Waals surface area contributed by atoms with Crippen molar-refractivity contribution in [2.45, 2.75) is 58.7 Å². The Morgan fingerprint density at radius 1 is 1.11 bits per heavy atom. The summed E-state index contributed by atoms with van der Waals surface area (Å²) >= 11 is 0. The molecule has 1 aliphatic rings. The van der Waals surface area contributed by atoms with E-state index in [1.807, 2.05) is 6.92 Å². The third-order valence-electron chi connectivity index (χ3n) is 3.71. The molecule has 1 heterocycles. The highest BCUT2D eigenvalue weighted by Crippen LogP contribution is 2.17. The van der Waals surface area contributed by atoms with Crippen molar-refractivity contribution in [2.75, 3.05) is 32.7 Å². The van der Waals surface area contributed by atoms with E-state index in [9.17, 15) is 5.26 Å². The van der Waals surface area contributed by atoms with Crippen LogP contribution in [-0.4, -0.2) is 59.6 Å². The van der Waals surface area contributed by atoms with Gasteiger partial charge in [-0.1, -0.05) is 0 Å². The van der Waals surface area contributed by atoms with Gasteiger partial charge in [0.25, 0.3) is 0 Å². The zero-order valence-corrected chi connectivity index (χ0v) is 13.5. The Labute approximate surface area is 118 Å². The van der Waals surface area contributed by atoms with Gasteiger partial charge >= 0.3 is 0 Å². The maximum atomic E-state index is 9.40. The van der Waals surface area contributed by atoms with Crippen molar-refractivity contribution in [1.82, 2.24) is 15.1 Å². The molecule has 1 aliphatic heterocycles. The molecule has 4 heteroatoms. The Morgan fingerprint density at radius 2 is 1.63 bits per heavy atom. The summed E-state index contributed by atoms with van der Waals surface area (Å²) in [6, 6.07) is 2.77. The molecule has 1 saturated heterocycles. The Bertz CT molecular complexity index is 318. The monoisotopic (exact) mass is 266 g/mol. The fourth-order valence-corrected chi connectivity index (χ4v) is 2.77. The van der Waals surface area contributed by atoms with Crippen molar-refractivity contribution in [3.8, 4) is 6.07 Å². The standard InChI is InChI=1S/C15H30N4/c1-13(2)17-15(6,11-16)12-18-7-9-19(10-8-18)14(3,4)5/h13,17H,7-10,12H2,1-6H3. The van der Waals surface area contributed by atoms with Crippen molar-refractivity contribution in [2.24, 2.45) is 0 Å². The zero-order valence-electron chi connectivity index (χ0n) is 13.5. The van der Waals surface area contributed by atoms with E-state index in [0.717, 1.165) is 32.7 Å². The van der Waals surface area contributed by atoms with Crippen LogP contribution in [0.4, 0.5) is 0 Å². The van der Waals surface area contributed by atoms with Gasteiger partial charge in [-0.3, -0.25) is 15.1 Å². The van der Waals surface area contributed by atoms with Crippen LogP contribution >= 0.6 is 0 Å². The van der Waals surface area contributed by atoms with Gasteiger partial charge in [-0.15, -0.1) is 0 Å². The fraction of sp³-hybridized carbons (Fsp3) is 0.933. The maximum Gasteiger partial charge on any atom is 0.116 e. The molecule has 1 fully saturated rings. The highest BCUT2D eigenvalue weighted by molar-refractivity contribution is 5.06. The Balaban J connectivity index is 2.50. The highest BCUT2D eigenvalue weighted by Gasteiger charge is 2.31. The Kier molecular flexibility index (Phi) is 5.37. The number of nitrogens with zero attached hydrogens (tertiary/aromatic N) is 3. The molecule has 0 radical (unpaired) electrons. The van der Waals surface area contributed by atoms with Crippen molar-refractivity contribution >= 4 is 0 Å². The molecule has 1 atom stereocenters. The Morgan fingerprint density at radius 3 is 2.00 bits per heavy atom. The van der Waals surface area contributed by atoms with E-state index in [4.69, 9.17) is 0 Å². The first-order valence-electron chi connectivity index (χ1n) is 7.33. The number of nitrogens with one attached hydrogen (secondary N) is 1. The van der Waals surface area contributed by atoms with Crippen molar-refractivity contribution in [3.63, 3.8) is 0 Å². The molecule has 0 aromatic rings. The summed E-state index contributed by atoms with van der Waals surface area (Å²) in [6.45, 7) is 18.1. The van der Waals surface area contributed by atoms with E-state index in [1.54, 1.807) is 0 Å². The first-order chi connectivity index (χ1) is 8.66. The van der Waals surface area contributed by atoms with Gasteiger partial charge in [-0.25, -0.2) is 0 Å². The lowest BCUT2D eigenvalue weighted by molar-refractivity contribution is 0.0539. The average Bonchev–Trinajstić information content (AvgIpc) is 2.27. The Hall–Kier alpha value is -0.630. The highest BCUT2D eigenvalue weighted by atomic mass is 15.3. The second-order valence-corrected chi connectivity index (χ2v) is 7.18. The molecule has 19 heavy (non-hydrogen) atoms. The second kappa shape index (κ2) is 6.21. The SMILES string of the molecule is CC(C)NC(C)(C#N)CN1CCN(C(C)(C)C)CC1. The van der Waals surface area contributed by atoms with Crippen LogP contribution < -0.4 is 5.32 Å². The van der Waals surface area contributed by atoms with E-state index >= 15 is 0 Å². The largest absolute Gasteiger partial charge is 0.298 e. The summed E-state index contributed by atoms with van der Waals surface area (Å²) in [5.41, 5.74) is -0.196. The predicted octanol–water partition coefficient (Wildman–Crippen LogP) is 1.68. The van der Waals surface area contributed by atoms with Gasteiger partial charge in [0, 0.05) is 44.3 Å². The van der Waals surface area contributed by atoms with Crippen molar-refractivity contribution in [1.29, 1.82) is 5.26 Å². The van der Waals surface area contributed by atoms with Gasteiger partial charge < -0.3 is 0 Å². The molecule has 0 aliphatic carbocycles. The lowest BCUT2D eigenvalue weighted by Gasteiger charge is -2.43. The summed E-state index contributed by atoms with van der Waals surface area (Å²) in [7, 11) is 0. The van der Waals surface area contributed by atoms with E-state index in [0.29, 0.717) is 6.04 Å². The molecule has 0 spiro atoms. The fourth-order valence-electron chi connectivity index (χ4n) is 2.77. The predicted molar refractivity (Wildman–Crippen MR) is 80.1 cm³/mol. The van der Waals surface area contributed by atoms with Crippen molar-refractivity contribution < 1.29 is 0 Å². The minimum atomic E-state index is -0.446. The molecule has 0 amide bonds. The molecular formula is C15H30N4. The van der Waals surface area contributed by atoms with Gasteiger partial charge in [0.1, 0.15) is 5.54 Å². The van der Waals surface area contributed by atoms with Crippen LogP contribution in [0.3, 0.4) is 0 Å².